The van der Waals surface area contributed by atoms with Gasteiger partial charge in [-0.05, 0) is 30.5 Å². The van der Waals surface area contributed by atoms with Crippen LogP contribution in [0.5, 0.6) is 0 Å². The molecule has 3 atom stereocenters. The first kappa shape index (κ1) is 16.0. The smallest absolute Gasteiger partial charge is 0.352 e. The summed E-state index contributed by atoms with van der Waals surface area (Å²) in [6.45, 7) is 2.37. The molecule has 3 aliphatic rings. The number of anilines is 1. The van der Waals surface area contributed by atoms with Gasteiger partial charge in [0.1, 0.15) is 23.4 Å². The van der Waals surface area contributed by atoms with E-state index in [1.807, 2.05) is 6.92 Å². The fourth-order valence-corrected chi connectivity index (χ4v) is 4.56. The third-order valence-corrected chi connectivity index (χ3v) is 5.58. The Kier molecular flexibility index (Phi) is 3.68. The van der Waals surface area contributed by atoms with E-state index in [0.717, 1.165) is 0 Å². The molecule has 0 unspecified atom stereocenters. The Balaban J connectivity index is 1.85. The number of benzene rings is 1. The van der Waals surface area contributed by atoms with E-state index in [9.17, 15) is 17.6 Å². The first-order chi connectivity index (χ1) is 11.4. The number of nitrogens with zero attached hydrogens (tertiary/aromatic N) is 2. The molecule has 1 aromatic rings. The quantitative estimate of drug-likeness (QED) is 0.627. The molecular formula is C15H16F4N4S. The van der Waals surface area contributed by atoms with Crippen LogP contribution in [0.2, 0.25) is 0 Å². The number of piperazine rings is 1. The third kappa shape index (κ3) is 2.45. The molecule has 1 aromatic carbocycles. The van der Waals surface area contributed by atoms with Gasteiger partial charge in [-0.25, -0.2) is 9.38 Å². The summed E-state index contributed by atoms with van der Waals surface area (Å²) in [6, 6.07) is -0.115. The molecule has 24 heavy (non-hydrogen) atoms. The van der Waals surface area contributed by atoms with Gasteiger partial charge in [0.2, 0.25) is 0 Å². The maximum Gasteiger partial charge on any atom is 0.410 e. The second kappa shape index (κ2) is 5.52. The fourth-order valence-electron chi connectivity index (χ4n) is 3.72. The van der Waals surface area contributed by atoms with Gasteiger partial charge in [-0.3, -0.25) is 0 Å². The van der Waals surface area contributed by atoms with Crippen LogP contribution in [0, 0.1) is 5.82 Å². The molecule has 3 heterocycles. The molecular weight excluding hydrogens is 344 g/mol. The van der Waals surface area contributed by atoms with Crippen molar-refractivity contribution < 1.29 is 17.6 Å². The first-order valence-corrected chi connectivity index (χ1v) is 8.62. The lowest BCUT2D eigenvalue weighted by Gasteiger charge is -2.39. The average Bonchev–Trinajstić information content (AvgIpc) is 3.14. The van der Waals surface area contributed by atoms with Gasteiger partial charge in [-0.2, -0.15) is 13.2 Å². The largest absolute Gasteiger partial charge is 0.410 e. The molecule has 2 fully saturated rings. The van der Waals surface area contributed by atoms with Gasteiger partial charge in [0.05, 0.1) is 10.6 Å². The summed E-state index contributed by atoms with van der Waals surface area (Å²) in [5.41, 5.74) is 0.667. The SMILES string of the molecule is CCC1=Nc2c(cc(F)cc2N2[C@@H]3CN[C@@H](C3)[C@H]2C(F)(F)F)SN1. The Bertz CT molecular complexity index is 705. The molecule has 0 aliphatic carbocycles. The van der Waals surface area contributed by atoms with E-state index < -0.39 is 24.1 Å². The van der Waals surface area contributed by atoms with Crippen molar-refractivity contribution in [2.75, 3.05) is 11.4 Å². The van der Waals surface area contributed by atoms with Gasteiger partial charge in [0.15, 0.2) is 0 Å². The monoisotopic (exact) mass is 360 g/mol. The van der Waals surface area contributed by atoms with E-state index in [0.29, 0.717) is 35.8 Å². The molecule has 9 heteroatoms. The molecule has 130 valence electrons. The van der Waals surface area contributed by atoms with Gasteiger partial charge >= 0.3 is 6.18 Å². The van der Waals surface area contributed by atoms with Crippen molar-refractivity contribution in [2.24, 2.45) is 4.99 Å². The minimum absolute atomic E-state index is 0.237. The maximum atomic E-state index is 14.0. The third-order valence-electron chi connectivity index (χ3n) is 4.71. The molecule has 0 saturated carbocycles. The highest BCUT2D eigenvalue weighted by Gasteiger charge is 2.58. The van der Waals surface area contributed by atoms with Crippen LogP contribution in [-0.4, -0.2) is 36.7 Å². The summed E-state index contributed by atoms with van der Waals surface area (Å²) in [5.74, 6) is 0.122. The Morgan fingerprint density at radius 3 is 2.88 bits per heavy atom. The van der Waals surface area contributed by atoms with Crippen LogP contribution in [0.4, 0.5) is 28.9 Å². The Morgan fingerprint density at radius 1 is 1.38 bits per heavy atom. The van der Waals surface area contributed by atoms with E-state index in [2.05, 4.69) is 15.0 Å². The van der Waals surface area contributed by atoms with Gasteiger partial charge in [0, 0.05) is 25.0 Å². The summed E-state index contributed by atoms with van der Waals surface area (Å²) in [7, 11) is 0. The maximum absolute atomic E-state index is 14.0. The summed E-state index contributed by atoms with van der Waals surface area (Å²) < 4.78 is 57.8. The number of hydrogen-bond acceptors (Lipinski definition) is 5. The number of rotatable bonds is 2. The van der Waals surface area contributed by atoms with Crippen molar-refractivity contribution in [3.05, 3.63) is 17.9 Å². The number of hydrogen-bond donors (Lipinski definition) is 2. The van der Waals surface area contributed by atoms with Crippen molar-refractivity contribution in [3.8, 4) is 0 Å². The van der Waals surface area contributed by atoms with E-state index in [1.54, 1.807) is 0 Å². The Morgan fingerprint density at radius 2 is 2.17 bits per heavy atom. The van der Waals surface area contributed by atoms with E-state index in [-0.39, 0.29) is 11.7 Å². The number of amidine groups is 1. The van der Waals surface area contributed by atoms with Crippen LogP contribution in [0.3, 0.4) is 0 Å². The number of halogens is 4. The fraction of sp³-hybridized carbons (Fsp3) is 0.533. The number of nitrogens with one attached hydrogen (secondary N) is 2. The number of fused-ring (bicyclic) bond motifs is 3. The van der Waals surface area contributed by atoms with Crippen LogP contribution in [0.25, 0.3) is 0 Å². The molecule has 0 radical (unpaired) electrons. The van der Waals surface area contributed by atoms with E-state index in [1.165, 1.54) is 29.0 Å². The van der Waals surface area contributed by atoms with Gasteiger partial charge < -0.3 is 14.9 Å². The molecule has 0 amide bonds. The highest BCUT2D eigenvalue weighted by molar-refractivity contribution is 7.98. The molecule has 2 N–H and O–H groups in total. The van der Waals surface area contributed by atoms with Crippen LogP contribution >= 0.6 is 11.9 Å². The van der Waals surface area contributed by atoms with Crippen molar-refractivity contribution in [2.45, 2.75) is 49.0 Å². The summed E-state index contributed by atoms with van der Waals surface area (Å²) in [5, 5.41) is 2.92. The highest BCUT2D eigenvalue weighted by atomic mass is 32.2. The van der Waals surface area contributed by atoms with Crippen LogP contribution in [0.1, 0.15) is 19.8 Å². The normalized spacial score (nSPS) is 28.6. The van der Waals surface area contributed by atoms with Crippen LogP contribution in [-0.2, 0) is 0 Å². The van der Waals surface area contributed by atoms with E-state index >= 15 is 0 Å². The second-order valence-electron chi connectivity index (χ2n) is 6.19. The highest BCUT2D eigenvalue weighted by Crippen LogP contribution is 2.48. The number of alkyl halides is 3. The van der Waals surface area contributed by atoms with E-state index in [4.69, 9.17) is 0 Å². The average molecular weight is 360 g/mol. The zero-order chi connectivity index (χ0) is 17.1. The van der Waals surface area contributed by atoms with Crippen LogP contribution < -0.4 is 14.9 Å². The van der Waals surface area contributed by atoms with Gasteiger partial charge in [0.25, 0.3) is 0 Å². The summed E-state index contributed by atoms with van der Waals surface area (Å²) >= 11 is 1.19. The summed E-state index contributed by atoms with van der Waals surface area (Å²) in [4.78, 5) is 6.28. The molecule has 4 rings (SSSR count). The van der Waals surface area contributed by atoms with Crippen molar-refractivity contribution in [1.29, 1.82) is 0 Å². The number of aliphatic imine (C=N–C) groups is 1. The van der Waals surface area contributed by atoms with Gasteiger partial charge in [-0.1, -0.05) is 6.92 Å². The molecule has 4 nitrogen and oxygen atoms in total. The van der Waals surface area contributed by atoms with Gasteiger partial charge in [-0.15, -0.1) is 0 Å². The predicted molar refractivity (Wildman–Crippen MR) is 85.3 cm³/mol. The zero-order valence-corrected chi connectivity index (χ0v) is 13.6. The topological polar surface area (TPSA) is 39.7 Å². The molecule has 2 saturated heterocycles. The lowest BCUT2D eigenvalue weighted by atomic mass is 10.1. The predicted octanol–water partition coefficient (Wildman–Crippen LogP) is 3.36. The second-order valence-corrected chi connectivity index (χ2v) is 7.03. The molecule has 3 aliphatic heterocycles. The standard InChI is InChI=1S/C15H16F4N4S/c1-2-12-21-13-10(3-7(16)4-11(13)24-22-12)23-8-5-9(20-6-8)14(23)15(17,18)19/h3-4,8-9,14,20H,2,5-6H2,1H3,(H,21,22)/t8-,9-,14-/m0/s1. The summed E-state index contributed by atoms with van der Waals surface area (Å²) in [6.07, 6.45) is -3.35. The Labute approximate surface area is 140 Å². The van der Waals surface area contributed by atoms with Crippen molar-refractivity contribution >= 4 is 29.2 Å². The Hall–Kier alpha value is -1.48. The molecule has 2 bridgehead atoms. The minimum Gasteiger partial charge on any atom is -0.352 e. The first-order valence-electron chi connectivity index (χ1n) is 7.81. The molecule has 0 aromatic heterocycles. The van der Waals surface area contributed by atoms with Crippen molar-refractivity contribution in [3.63, 3.8) is 0 Å². The minimum atomic E-state index is -4.39. The lowest BCUT2D eigenvalue weighted by molar-refractivity contribution is -0.152. The van der Waals surface area contributed by atoms with Crippen molar-refractivity contribution in [1.82, 2.24) is 10.0 Å². The zero-order valence-electron chi connectivity index (χ0n) is 12.8. The van der Waals surface area contributed by atoms with Crippen LogP contribution in [0.15, 0.2) is 22.0 Å². The molecule has 0 spiro atoms. The lowest BCUT2D eigenvalue weighted by Crippen LogP contribution is -2.58.